The standard InChI is InChI=1S/C12H9F3N2O3/c1-16-12(10-2-3-11(20-10)17(18)19)6-4-8(14)9(15)5-7(6)13/h2-5,12,16H,1H3. The van der Waals surface area contributed by atoms with Crippen molar-refractivity contribution in [3.63, 3.8) is 0 Å². The molecule has 0 saturated heterocycles. The summed E-state index contributed by atoms with van der Waals surface area (Å²) in [6.45, 7) is 0. The van der Waals surface area contributed by atoms with Crippen LogP contribution in [-0.4, -0.2) is 12.0 Å². The predicted octanol–water partition coefficient (Wildman–Crippen LogP) is 2.91. The third kappa shape index (κ3) is 2.50. The SMILES string of the molecule is CNC(c1ccc([N+](=O)[O-])o1)c1cc(F)c(F)cc1F. The molecule has 5 nitrogen and oxygen atoms in total. The van der Waals surface area contributed by atoms with Gasteiger partial charge < -0.3 is 9.73 Å². The van der Waals surface area contributed by atoms with E-state index in [4.69, 9.17) is 4.42 Å². The van der Waals surface area contributed by atoms with E-state index in [0.29, 0.717) is 12.1 Å². The van der Waals surface area contributed by atoms with Crippen LogP contribution in [0.4, 0.5) is 19.1 Å². The summed E-state index contributed by atoms with van der Waals surface area (Å²) in [4.78, 5) is 9.78. The van der Waals surface area contributed by atoms with E-state index in [1.807, 2.05) is 0 Å². The van der Waals surface area contributed by atoms with Crippen LogP contribution < -0.4 is 5.32 Å². The molecule has 0 aliphatic rings. The zero-order valence-electron chi connectivity index (χ0n) is 10.2. The molecular formula is C12H9F3N2O3. The first kappa shape index (κ1) is 14.1. The number of nitro groups is 1. The molecular weight excluding hydrogens is 277 g/mol. The lowest BCUT2D eigenvalue weighted by Crippen LogP contribution is -2.19. The van der Waals surface area contributed by atoms with Crippen LogP contribution >= 0.6 is 0 Å². The average molecular weight is 286 g/mol. The minimum atomic E-state index is -1.31. The number of furan rings is 1. The van der Waals surface area contributed by atoms with E-state index < -0.39 is 34.3 Å². The van der Waals surface area contributed by atoms with Gasteiger partial charge in [0.15, 0.2) is 11.6 Å². The molecule has 1 atom stereocenters. The van der Waals surface area contributed by atoms with Crippen molar-refractivity contribution < 1.29 is 22.5 Å². The molecule has 1 N–H and O–H groups in total. The summed E-state index contributed by atoms with van der Waals surface area (Å²) in [7, 11) is 1.43. The molecule has 0 radical (unpaired) electrons. The number of halogens is 3. The fourth-order valence-corrected chi connectivity index (χ4v) is 1.81. The first-order valence-corrected chi connectivity index (χ1v) is 5.50. The lowest BCUT2D eigenvalue weighted by molar-refractivity contribution is -0.402. The molecule has 2 aromatic rings. The van der Waals surface area contributed by atoms with E-state index in [-0.39, 0.29) is 11.3 Å². The topological polar surface area (TPSA) is 68.3 Å². The highest BCUT2D eigenvalue weighted by atomic mass is 19.2. The number of benzene rings is 1. The van der Waals surface area contributed by atoms with Gasteiger partial charge in [0.2, 0.25) is 0 Å². The molecule has 1 unspecified atom stereocenters. The van der Waals surface area contributed by atoms with Crippen LogP contribution in [0.15, 0.2) is 28.7 Å². The molecule has 0 bridgehead atoms. The van der Waals surface area contributed by atoms with Crippen LogP contribution in [0.3, 0.4) is 0 Å². The van der Waals surface area contributed by atoms with Gasteiger partial charge in [0.25, 0.3) is 0 Å². The Bertz CT molecular complexity index is 657. The fraction of sp³-hybridized carbons (Fsp3) is 0.167. The van der Waals surface area contributed by atoms with Gasteiger partial charge in [0.05, 0.1) is 12.1 Å². The third-order valence-electron chi connectivity index (χ3n) is 2.72. The van der Waals surface area contributed by atoms with E-state index in [1.165, 1.54) is 13.1 Å². The van der Waals surface area contributed by atoms with Crippen molar-refractivity contribution in [1.29, 1.82) is 0 Å². The Morgan fingerprint density at radius 2 is 1.85 bits per heavy atom. The Balaban J connectivity index is 2.46. The molecule has 106 valence electrons. The summed E-state index contributed by atoms with van der Waals surface area (Å²) in [5.41, 5.74) is -0.212. The Morgan fingerprint density at radius 3 is 2.40 bits per heavy atom. The van der Waals surface area contributed by atoms with Crippen LogP contribution in [0.25, 0.3) is 0 Å². The molecule has 20 heavy (non-hydrogen) atoms. The zero-order chi connectivity index (χ0) is 14.9. The Kier molecular flexibility index (Phi) is 3.75. The first-order valence-electron chi connectivity index (χ1n) is 5.50. The van der Waals surface area contributed by atoms with Crippen molar-refractivity contribution in [2.24, 2.45) is 0 Å². The van der Waals surface area contributed by atoms with E-state index in [1.54, 1.807) is 0 Å². The highest BCUT2D eigenvalue weighted by Crippen LogP contribution is 2.29. The number of nitrogens with zero attached hydrogens (tertiary/aromatic N) is 1. The van der Waals surface area contributed by atoms with E-state index in [9.17, 15) is 23.3 Å². The highest BCUT2D eigenvalue weighted by Gasteiger charge is 2.24. The quantitative estimate of drug-likeness (QED) is 0.533. The minimum absolute atomic E-state index is 0.0177. The summed E-state index contributed by atoms with van der Waals surface area (Å²) in [5.74, 6) is -4.02. The second-order valence-corrected chi connectivity index (χ2v) is 3.94. The number of hydrogen-bond donors (Lipinski definition) is 1. The van der Waals surface area contributed by atoms with Crippen LogP contribution in [0.5, 0.6) is 0 Å². The number of rotatable bonds is 4. The van der Waals surface area contributed by atoms with Gasteiger partial charge in [-0.25, -0.2) is 13.2 Å². The molecule has 0 aliphatic carbocycles. The summed E-state index contributed by atoms with van der Waals surface area (Å²) in [6.07, 6.45) is 0. The minimum Gasteiger partial charge on any atom is -0.404 e. The number of nitrogens with one attached hydrogen (secondary N) is 1. The predicted molar refractivity (Wildman–Crippen MR) is 62.6 cm³/mol. The highest BCUT2D eigenvalue weighted by molar-refractivity contribution is 5.31. The van der Waals surface area contributed by atoms with Gasteiger partial charge in [-0.3, -0.25) is 10.1 Å². The van der Waals surface area contributed by atoms with E-state index in [2.05, 4.69) is 5.32 Å². The first-order chi connectivity index (χ1) is 9.43. The zero-order valence-corrected chi connectivity index (χ0v) is 10.2. The van der Waals surface area contributed by atoms with Gasteiger partial charge in [-0.1, -0.05) is 0 Å². The van der Waals surface area contributed by atoms with E-state index in [0.717, 1.165) is 6.07 Å². The monoisotopic (exact) mass is 286 g/mol. The van der Waals surface area contributed by atoms with Crippen molar-refractivity contribution in [2.45, 2.75) is 6.04 Å². The number of hydrogen-bond acceptors (Lipinski definition) is 4. The van der Waals surface area contributed by atoms with Crippen LogP contribution in [0, 0.1) is 27.6 Å². The maximum absolute atomic E-state index is 13.7. The maximum Gasteiger partial charge on any atom is 0.433 e. The Labute approximate surface area is 111 Å². The molecule has 0 aliphatic heterocycles. The van der Waals surface area contributed by atoms with Crippen molar-refractivity contribution in [3.8, 4) is 0 Å². The van der Waals surface area contributed by atoms with Crippen LogP contribution in [0.1, 0.15) is 17.4 Å². The van der Waals surface area contributed by atoms with Gasteiger partial charge in [0, 0.05) is 11.6 Å². The molecule has 8 heteroatoms. The van der Waals surface area contributed by atoms with Gasteiger partial charge in [0.1, 0.15) is 16.5 Å². The summed E-state index contributed by atoms with van der Waals surface area (Å²) < 4.78 is 44.7. The molecule has 0 saturated carbocycles. The summed E-state index contributed by atoms with van der Waals surface area (Å²) in [5, 5.41) is 13.2. The van der Waals surface area contributed by atoms with Gasteiger partial charge >= 0.3 is 5.88 Å². The molecule has 1 heterocycles. The molecule has 1 aromatic heterocycles. The van der Waals surface area contributed by atoms with Gasteiger partial charge in [-0.05, 0) is 19.2 Å². The van der Waals surface area contributed by atoms with Crippen LogP contribution in [-0.2, 0) is 0 Å². The molecule has 0 fully saturated rings. The van der Waals surface area contributed by atoms with Crippen LogP contribution in [0.2, 0.25) is 0 Å². The summed E-state index contributed by atoms with van der Waals surface area (Å²) in [6, 6.07) is 2.48. The Morgan fingerprint density at radius 1 is 1.20 bits per heavy atom. The third-order valence-corrected chi connectivity index (χ3v) is 2.72. The van der Waals surface area contributed by atoms with Gasteiger partial charge in [-0.15, -0.1) is 0 Å². The van der Waals surface area contributed by atoms with E-state index >= 15 is 0 Å². The normalized spacial score (nSPS) is 12.4. The van der Waals surface area contributed by atoms with Gasteiger partial charge in [-0.2, -0.15) is 0 Å². The van der Waals surface area contributed by atoms with Crippen molar-refractivity contribution in [3.05, 3.63) is 63.2 Å². The van der Waals surface area contributed by atoms with Crippen molar-refractivity contribution >= 4 is 5.88 Å². The second-order valence-electron chi connectivity index (χ2n) is 3.94. The lowest BCUT2D eigenvalue weighted by Gasteiger charge is -2.14. The Hall–Kier alpha value is -2.35. The largest absolute Gasteiger partial charge is 0.433 e. The lowest BCUT2D eigenvalue weighted by atomic mass is 10.0. The molecule has 0 spiro atoms. The van der Waals surface area contributed by atoms with Crippen molar-refractivity contribution in [1.82, 2.24) is 5.32 Å². The fourth-order valence-electron chi connectivity index (χ4n) is 1.81. The molecule has 1 aromatic carbocycles. The maximum atomic E-state index is 13.7. The smallest absolute Gasteiger partial charge is 0.404 e. The second kappa shape index (κ2) is 5.33. The molecule has 0 amide bonds. The summed E-state index contributed by atoms with van der Waals surface area (Å²) >= 11 is 0. The molecule has 2 rings (SSSR count). The average Bonchev–Trinajstić information content (AvgIpc) is 2.86. The van der Waals surface area contributed by atoms with Crippen molar-refractivity contribution in [2.75, 3.05) is 7.05 Å².